The Morgan fingerprint density at radius 2 is 2.00 bits per heavy atom. The van der Waals surface area contributed by atoms with Crippen LogP contribution in [0.25, 0.3) is 0 Å². The number of nitrogens with one attached hydrogen (secondary N) is 1. The van der Waals surface area contributed by atoms with Crippen molar-refractivity contribution in [2.24, 2.45) is 5.84 Å². The van der Waals surface area contributed by atoms with Gasteiger partial charge in [-0.05, 0) is 38.8 Å². The second-order valence-corrected chi connectivity index (χ2v) is 6.32. The van der Waals surface area contributed by atoms with Gasteiger partial charge in [0.1, 0.15) is 0 Å². The first-order valence-corrected chi connectivity index (χ1v) is 7.29. The van der Waals surface area contributed by atoms with Crippen LogP contribution >= 0.6 is 11.3 Å². The lowest BCUT2D eigenvalue weighted by atomic mass is 9.97. The molecule has 0 fully saturated rings. The Labute approximate surface area is 118 Å². The first kappa shape index (κ1) is 14.2. The molecule has 102 valence electrons. The maximum absolute atomic E-state index is 5.74. The summed E-state index contributed by atoms with van der Waals surface area (Å²) >= 11 is 1.76. The zero-order valence-electron chi connectivity index (χ0n) is 11.9. The zero-order chi connectivity index (χ0) is 14.0. The molecule has 0 aliphatic carbocycles. The van der Waals surface area contributed by atoms with Gasteiger partial charge in [0, 0.05) is 11.3 Å². The summed E-state index contributed by atoms with van der Waals surface area (Å²) in [5.41, 5.74) is 7.83. The van der Waals surface area contributed by atoms with Crippen molar-refractivity contribution in [3.05, 3.63) is 50.5 Å². The molecule has 2 aromatic rings. The maximum atomic E-state index is 5.74. The summed E-state index contributed by atoms with van der Waals surface area (Å²) in [5, 5.41) is 1.14. The van der Waals surface area contributed by atoms with Gasteiger partial charge >= 0.3 is 0 Å². The zero-order valence-corrected chi connectivity index (χ0v) is 12.8. The standard InChI is InChI=1S/C15H21N3S/c1-9-5-6-10(2)13(7-9)14(18-16)8-15-17-11(3)12(4)19-15/h5-7,14,18H,8,16H2,1-4H3. The highest BCUT2D eigenvalue weighted by Crippen LogP contribution is 2.25. The molecule has 0 saturated carbocycles. The van der Waals surface area contributed by atoms with Gasteiger partial charge in [-0.2, -0.15) is 0 Å². The number of benzene rings is 1. The summed E-state index contributed by atoms with van der Waals surface area (Å²) in [4.78, 5) is 5.88. The van der Waals surface area contributed by atoms with Crippen LogP contribution in [0.3, 0.4) is 0 Å². The molecule has 2 rings (SSSR count). The van der Waals surface area contributed by atoms with Crippen LogP contribution in [0.5, 0.6) is 0 Å². The van der Waals surface area contributed by atoms with Crippen molar-refractivity contribution < 1.29 is 0 Å². The van der Waals surface area contributed by atoms with Crippen molar-refractivity contribution in [3.8, 4) is 0 Å². The van der Waals surface area contributed by atoms with Crippen molar-refractivity contribution in [3.63, 3.8) is 0 Å². The van der Waals surface area contributed by atoms with E-state index in [9.17, 15) is 0 Å². The predicted molar refractivity (Wildman–Crippen MR) is 81.3 cm³/mol. The third-order valence-corrected chi connectivity index (χ3v) is 4.56. The summed E-state index contributed by atoms with van der Waals surface area (Å²) in [6.07, 6.45) is 0.833. The second-order valence-electron chi connectivity index (χ2n) is 5.03. The van der Waals surface area contributed by atoms with Gasteiger partial charge < -0.3 is 0 Å². The van der Waals surface area contributed by atoms with E-state index < -0.39 is 0 Å². The van der Waals surface area contributed by atoms with Gasteiger partial charge in [0.25, 0.3) is 0 Å². The number of nitrogens with zero attached hydrogens (tertiary/aromatic N) is 1. The molecule has 3 nitrogen and oxygen atoms in total. The van der Waals surface area contributed by atoms with E-state index in [4.69, 9.17) is 5.84 Å². The fourth-order valence-electron chi connectivity index (χ4n) is 2.20. The van der Waals surface area contributed by atoms with E-state index in [1.807, 2.05) is 0 Å². The number of thiazole rings is 1. The molecule has 0 aliphatic rings. The first-order chi connectivity index (χ1) is 9.01. The van der Waals surface area contributed by atoms with Gasteiger partial charge in [-0.25, -0.2) is 4.98 Å². The molecule has 0 bridgehead atoms. The number of aromatic nitrogens is 1. The number of rotatable bonds is 4. The number of aryl methyl sites for hydroxylation is 4. The molecule has 0 spiro atoms. The lowest BCUT2D eigenvalue weighted by Gasteiger charge is -2.18. The van der Waals surface area contributed by atoms with Crippen molar-refractivity contribution in [1.29, 1.82) is 0 Å². The van der Waals surface area contributed by atoms with E-state index in [0.29, 0.717) is 0 Å². The quantitative estimate of drug-likeness (QED) is 0.666. The summed E-state index contributed by atoms with van der Waals surface area (Å²) in [7, 11) is 0. The molecular formula is C15H21N3S. The highest BCUT2D eigenvalue weighted by Gasteiger charge is 2.15. The van der Waals surface area contributed by atoms with Crippen LogP contribution < -0.4 is 11.3 Å². The molecule has 19 heavy (non-hydrogen) atoms. The van der Waals surface area contributed by atoms with Crippen LogP contribution in [-0.4, -0.2) is 4.98 Å². The van der Waals surface area contributed by atoms with E-state index in [-0.39, 0.29) is 6.04 Å². The lowest BCUT2D eigenvalue weighted by Crippen LogP contribution is -2.30. The Kier molecular flexibility index (Phi) is 4.34. The Morgan fingerprint density at radius 3 is 2.58 bits per heavy atom. The number of nitrogens with two attached hydrogens (primary N) is 1. The molecule has 0 radical (unpaired) electrons. The molecule has 1 unspecified atom stereocenters. The number of hydrogen-bond acceptors (Lipinski definition) is 4. The average molecular weight is 275 g/mol. The molecular weight excluding hydrogens is 254 g/mol. The van der Waals surface area contributed by atoms with Crippen LogP contribution in [0.2, 0.25) is 0 Å². The van der Waals surface area contributed by atoms with Crippen molar-refractivity contribution in [2.75, 3.05) is 0 Å². The fraction of sp³-hybridized carbons (Fsp3) is 0.400. The molecule has 4 heteroatoms. The largest absolute Gasteiger partial charge is 0.271 e. The summed E-state index contributed by atoms with van der Waals surface area (Å²) in [6.45, 7) is 8.39. The van der Waals surface area contributed by atoms with Crippen LogP contribution in [0.1, 0.15) is 38.3 Å². The SMILES string of the molecule is Cc1ccc(C)c(C(Cc2nc(C)c(C)s2)NN)c1. The van der Waals surface area contributed by atoms with E-state index >= 15 is 0 Å². The Morgan fingerprint density at radius 1 is 1.26 bits per heavy atom. The van der Waals surface area contributed by atoms with E-state index in [0.717, 1.165) is 17.1 Å². The normalized spacial score (nSPS) is 12.7. The fourth-order valence-corrected chi connectivity index (χ4v) is 3.17. The topological polar surface area (TPSA) is 50.9 Å². The lowest BCUT2D eigenvalue weighted by molar-refractivity contribution is 0.547. The van der Waals surface area contributed by atoms with Crippen LogP contribution in [0.4, 0.5) is 0 Å². The highest BCUT2D eigenvalue weighted by atomic mass is 32.1. The molecule has 1 aromatic heterocycles. The van der Waals surface area contributed by atoms with Gasteiger partial charge in [-0.15, -0.1) is 11.3 Å². The van der Waals surface area contributed by atoms with Gasteiger partial charge in [-0.1, -0.05) is 23.8 Å². The highest BCUT2D eigenvalue weighted by molar-refractivity contribution is 7.11. The van der Waals surface area contributed by atoms with Gasteiger partial charge in [-0.3, -0.25) is 11.3 Å². The van der Waals surface area contributed by atoms with Crippen molar-refractivity contribution in [1.82, 2.24) is 10.4 Å². The molecule has 1 heterocycles. The van der Waals surface area contributed by atoms with Crippen LogP contribution in [0.15, 0.2) is 18.2 Å². The first-order valence-electron chi connectivity index (χ1n) is 6.47. The number of hydrogen-bond donors (Lipinski definition) is 2. The summed E-state index contributed by atoms with van der Waals surface area (Å²) < 4.78 is 0. The van der Waals surface area contributed by atoms with E-state index in [2.05, 4.69) is 56.3 Å². The summed E-state index contributed by atoms with van der Waals surface area (Å²) in [5.74, 6) is 5.74. The van der Waals surface area contributed by atoms with E-state index in [1.165, 1.54) is 21.6 Å². The Hall–Kier alpha value is -1.23. The minimum absolute atomic E-state index is 0.116. The van der Waals surface area contributed by atoms with Crippen LogP contribution in [0, 0.1) is 27.7 Å². The predicted octanol–water partition coefficient (Wildman–Crippen LogP) is 3.12. The molecule has 3 N–H and O–H groups in total. The van der Waals surface area contributed by atoms with E-state index in [1.54, 1.807) is 11.3 Å². The monoisotopic (exact) mass is 275 g/mol. The van der Waals surface area contributed by atoms with Gasteiger partial charge in [0.2, 0.25) is 0 Å². The van der Waals surface area contributed by atoms with Crippen molar-refractivity contribution >= 4 is 11.3 Å². The Bertz CT molecular complexity index is 555. The minimum Gasteiger partial charge on any atom is -0.271 e. The molecule has 0 amide bonds. The maximum Gasteiger partial charge on any atom is 0.0950 e. The summed E-state index contributed by atoms with van der Waals surface area (Å²) in [6, 6.07) is 6.59. The average Bonchev–Trinajstić information content (AvgIpc) is 2.69. The third-order valence-electron chi connectivity index (χ3n) is 3.46. The van der Waals surface area contributed by atoms with Gasteiger partial charge in [0.15, 0.2) is 0 Å². The van der Waals surface area contributed by atoms with Crippen LogP contribution in [-0.2, 0) is 6.42 Å². The second kappa shape index (κ2) is 5.82. The van der Waals surface area contributed by atoms with Gasteiger partial charge in [0.05, 0.1) is 16.7 Å². The molecule has 1 aromatic carbocycles. The molecule has 0 aliphatic heterocycles. The van der Waals surface area contributed by atoms with Crippen molar-refractivity contribution in [2.45, 2.75) is 40.2 Å². The minimum atomic E-state index is 0.116. The molecule has 1 atom stereocenters. The smallest absolute Gasteiger partial charge is 0.0950 e. The third kappa shape index (κ3) is 3.21. The Balaban J connectivity index is 2.27. The number of hydrazine groups is 1. The molecule has 0 saturated heterocycles.